The average Bonchev–Trinajstić information content (AvgIpc) is 3.21. The molecule has 0 saturated carbocycles. The molecule has 0 fully saturated rings. The number of aromatic nitrogens is 3. The molecule has 7 nitrogen and oxygen atoms in total. The largest absolute Gasteiger partial charge is 0.431 e. The van der Waals surface area contributed by atoms with Crippen LogP contribution in [0.2, 0.25) is 0 Å². The molecule has 0 aliphatic carbocycles. The van der Waals surface area contributed by atoms with E-state index in [0.29, 0.717) is 16.5 Å². The highest BCUT2D eigenvalue weighted by molar-refractivity contribution is 7.99. The second-order valence-electron chi connectivity index (χ2n) is 6.22. The Hall–Kier alpha value is -3.26. The standard InChI is InChI=1S/C20H18N4O3S/c1-13-18(19(26)24(23(13)2)14-8-4-3-5-9-14)22-17(25)12-28-20-21-15-10-6-7-11-16(15)27-20/h3-11H,12H2,1-2H3,(H,22,25). The zero-order valence-electron chi connectivity index (χ0n) is 15.4. The van der Waals surface area contributed by atoms with Crippen molar-refractivity contribution in [2.45, 2.75) is 12.1 Å². The van der Waals surface area contributed by atoms with Crippen LogP contribution in [-0.2, 0) is 11.8 Å². The fourth-order valence-corrected chi connectivity index (χ4v) is 3.57. The van der Waals surface area contributed by atoms with Crippen LogP contribution < -0.4 is 10.9 Å². The molecule has 4 rings (SSSR count). The van der Waals surface area contributed by atoms with Gasteiger partial charge in [0.1, 0.15) is 11.2 Å². The molecule has 2 heterocycles. The van der Waals surface area contributed by atoms with Gasteiger partial charge >= 0.3 is 0 Å². The van der Waals surface area contributed by atoms with Gasteiger partial charge in [-0.2, -0.15) is 0 Å². The maximum Gasteiger partial charge on any atom is 0.295 e. The van der Waals surface area contributed by atoms with Crippen molar-refractivity contribution in [3.05, 3.63) is 70.6 Å². The highest BCUT2D eigenvalue weighted by Gasteiger charge is 2.18. The summed E-state index contributed by atoms with van der Waals surface area (Å²) in [7, 11) is 1.78. The number of nitrogens with one attached hydrogen (secondary N) is 1. The number of anilines is 1. The first-order valence-corrected chi connectivity index (χ1v) is 9.65. The van der Waals surface area contributed by atoms with E-state index in [-0.39, 0.29) is 22.9 Å². The van der Waals surface area contributed by atoms with Crippen LogP contribution in [-0.4, -0.2) is 26.0 Å². The number of amides is 1. The number of fused-ring (bicyclic) bond motifs is 1. The van der Waals surface area contributed by atoms with Gasteiger partial charge in [0.15, 0.2) is 5.58 Å². The van der Waals surface area contributed by atoms with Crippen LogP contribution in [0, 0.1) is 6.92 Å². The van der Waals surface area contributed by atoms with Gasteiger partial charge in [-0.1, -0.05) is 42.1 Å². The summed E-state index contributed by atoms with van der Waals surface area (Å²) in [6.07, 6.45) is 0. The summed E-state index contributed by atoms with van der Waals surface area (Å²) in [5, 5.41) is 3.15. The first-order chi connectivity index (χ1) is 13.5. The molecule has 1 amide bonds. The highest BCUT2D eigenvalue weighted by Crippen LogP contribution is 2.23. The number of oxazole rings is 1. The van der Waals surface area contributed by atoms with Gasteiger partial charge in [-0.15, -0.1) is 0 Å². The van der Waals surface area contributed by atoms with Crippen LogP contribution in [0.4, 0.5) is 5.69 Å². The Balaban J connectivity index is 1.51. The van der Waals surface area contributed by atoms with Gasteiger partial charge in [0.05, 0.1) is 17.1 Å². The highest BCUT2D eigenvalue weighted by atomic mass is 32.2. The summed E-state index contributed by atoms with van der Waals surface area (Å²) in [5.41, 5.74) is 2.83. The van der Waals surface area contributed by atoms with Crippen LogP contribution >= 0.6 is 11.8 Å². The normalized spacial score (nSPS) is 11.1. The lowest BCUT2D eigenvalue weighted by Crippen LogP contribution is -2.23. The Kier molecular flexibility index (Phi) is 4.79. The number of carbonyl (C=O) groups excluding carboxylic acids is 1. The summed E-state index contributed by atoms with van der Waals surface area (Å²) >= 11 is 1.19. The molecule has 0 spiro atoms. The summed E-state index contributed by atoms with van der Waals surface area (Å²) in [4.78, 5) is 29.6. The topological polar surface area (TPSA) is 82.1 Å². The van der Waals surface area contributed by atoms with Gasteiger partial charge in [0.2, 0.25) is 5.91 Å². The third-order valence-corrected chi connectivity index (χ3v) is 5.25. The van der Waals surface area contributed by atoms with E-state index < -0.39 is 0 Å². The smallest absolute Gasteiger partial charge is 0.295 e. The molecule has 2 aromatic carbocycles. The number of thioether (sulfide) groups is 1. The molecule has 142 valence electrons. The van der Waals surface area contributed by atoms with Gasteiger partial charge < -0.3 is 9.73 Å². The number of nitrogens with zero attached hydrogens (tertiary/aromatic N) is 3. The van der Waals surface area contributed by atoms with Crippen LogP contribution in [0.3, 0.4) is 0 Å². The molecule has 1 N–H and O–H groups in total. The Morgan fingerprint density at radius 2 is 1.86 bits per heavy atom. The third-order valence-electron chi connectivity index (χ3n) is 4.42. The van der Waals surface area contributed by atoms with Crippen molar-refractivity contribution in [1.29, 1.82) is 0 Å². The Bertz CT molecular complexity index is 1170. The monoisotopic (exact) mass is 394 g/mol. The van der Waals surface area contributed by atoms with E-state index >= 15 is 0 Å². The molecule has 0 aliphatic heterocycles. The minimum atomic E-state index is -0.293. The Morgan fingerprint density at radius 1 is 1.14 bits per heavy atom. The lowest BCUT2D eigenvalue weighted by atomic mass is 10.3. The summed E-state index contributed by atoms with van der Waals surface area (Å²) in [6, 6.07) is 16.7. The molecule has 0 unspecified atom stereocenters. The maximum atomic E-state index is 12.8. The molecule has 8 heteroatoms. The van der Waals surface area contributed by atoms with Gasteiger partial charge in [-0.05, 0) is 31.2 Å². The zero-order chi connectivity index (χ0) is 19.7. The van der Waals surface area contributed by atoms with Crippen LogP contribution in [0.15, 0.2) is 69.0 Å². The van der Waals surface area contributed by atoms with E-state index in [4.69, 9.17) is 4.42 Å². The summed E-state index contributed by atoms with van der Waals surface area (Å²) < 4.78 is 8.85. The van der Waals surface area contributed by atoms with Crippen molar-refractivity contribution in [2.75, 3.05) is 11.1 Å². The van der Waals surface area contributed by atoms with Crippen LogP contribution in [0.25, 0.3) is 16.8 Å². The fourth-order valence-electron chi connectivity index (χ4n) is 2.93. The molecule has 0 saturated heterocycles. The van der Waals surface area contributed by atoms with E-state index in [1.54, 1.807) is 18.7 Å². The quantitative estimate of drug-likeness (QED) is 0.525. The molecule has 4 aromatic rings. The fraction of sp³-hybridized carbons (Fsp3) is 0.150. The first kappa shape index (κ1) is 18.1. The predicted molar refractivity (Wildman–Crippen MR) is 109 cm³/mol. The summed E-state index contributed by atoms with van der Waals surface area (Å²) in [5.74, 6) is -0.204. The Morgan fingerprint density at radius 3 is 2.61 bits per heavy atom. The number of hydrogen-bond donors (Lipinski definition) is 1. The number of carbonyl (C=O) groups is 1. The van der Waals surface area contributed by atoms with Crippen molar-refractivity contribution < 1.29 is 9.21 Å². The molecule has 0 bridgehead atoms. The lowest BCUT2D eigenvalue weighted by molar-refractivity contribution is -0.113. The molecular formula is C20H18N4O3S. The molecule has 28 heavy (non-hydrogen) atoms. The minimum absolute atomic E-state index is 0.0892. The van der Waals surface area contributed by atoms with Crippen molar-refractivity contribution in [3.63, 3.8) is 0 Å². The number of hydrogen-bond acceptors (Lipinski definition) is 5. The lowest BCUT2D eigenvalue weighted by Gasteiger charge is -2.07. The third kappa shape index (κ3) is 3.34. The van der Waals surface area contributed by atoms with Crippen molar-refractivity contribution in [2.24, 2.45) is 7.05 Å². The van der Waals surface area contributed by atoms with Crippen molar-refractivity contribution in [1.82, 2.24) is 14.3 Å². The molecule has 0 radical (unpaired) electrons. The SMILES string of the molecule is Cc1c(NC(=O)CSc2nc3ccccc3o2)c(=O)n(-c2ccccc2)n1C. The van der Waals surface area contributed by atoms with E-state index in [9.17, 15) is 9.59 Å². The number of para-hydroxylation sites is 3. The van der Waals surface area contributed by atoms with E-state index in [1.807, 2.05) is 54.6 Å². The van der Waals surface area contributed by atoms with Gasteiger partial charge in [0, 0.05) is 7.05 Å². The van der Waals surface area contributed by atoms with E-state index in [1.165, 1.54) is 16.4 Å². The van der Waals surface area contributed by atoms with Gasteiger partial charge in [-0.3, -0.25) is 14.3 Å². The van der Waals surface area contributed by atoms with E-state index in [0.717, 1.165) is 11.2 Å². The Labute approximate surface area is 165 Å². The number of benzene rings is 2. The van der Waals surface area contributed by atoms with Gasteiger partial charge in [0.25, 0.3) is 10.8 Å². The zero-order valence-corrected chi connectivity index (χ0v) is 16.2. The minimum Gasteiger partial charge on any atom is -0.431 e. The van der Waals surface area contributed by atoms with Crippen molar-refractivity contribution in [3.8, 4) is 5.69 Å². The second-order valence-corrected chi connectivity index (χ2v) is 7.15. The van der Waals surface area contributed by atoms with Crippen molar-refractivity contribution >= 4 is 34.5 Å². The predicted octanol–water partition coefficient (Wildman–Crippen LogP) is 3.36. The van der Waals surface area contributed by atoms with Crippen LogP contribution in [0.1, 0.15) is 5.69 Å². The van der Waals surface area contributed by atoms with Gasteiger partial charge in [-0.25, -0.2) is 9.67 Å². The summed E-state index contributed by atoms with van der Waals surface area (Å²) in [6.45, 7) is 1.80. The first-order valence-electron chi connectivity index (χ1n) is 8.67. The van der Waals surface area contributed by atoms with E-state index in [2.05, 4.69) is 10.3 Å². The molecule has 0 aliphatic rings. The molecule has 0 atom stereocenters. The number of rotatable bonds is 5. The maximum absolute atomic E-state index is 12.8. The molecule has 2 aromatic heterocycles. The second kappa shape index (κ2) is 7.40. The average molecular weight is 394 g/mol. The molecular weight excluding hydrogens is 376 g/mol. The van der Waals surface area contributed by atoms with Crippen LogP contribution in [0.5, 0.6) is 0 Å².